The van der Waals surface area contributed by atoms with Gasteiger partial charge in [-0.3, -0.25) is 0 Å². The van der Waals surface area contributed by atoms with Gasteiger partial charge in [0.2, 0.25) is 0 Å². The first kappa shape index (κ1) is 10.8. The molecule has 0 heterocycles. The van der Waals surface area contributed by atoms with Crippen LogP contribution in [0.2, 0.25) is 0 Å². The third-order valence-corrected chi connectivity index (χ3v) is 6.90. The molecular formula is C16H26O. The lowest BCUT2D eigenvalue weighted by Crippen LogP contribution is -2.40. The van der Waals surface area contributed by atoms with Gasteiger partial charge in [-0.15, -0.1) is 0 Å². The third-order valence-electron chi connectivity index (χ3n) is 6.90. The first-order chi connectivity index (χ1) is 7.97. The maximum Gasteiger partial charge on any atom is 0.0574 e. The number of aliphatic hydroxyl groups is 1. The highest BCUT2D eigenvalue weighted by atomic mass is 16.3. The average Bonchev–Trinajstić information content (AvgIpc) is 2.89. The van der Waals surface area contributed by atoms with Gasteiger partial charge in [-0.25, -0.2) is 0 Å². The first-order valence-electron chi connectivity index (χ1n) is 7.65. The Morgan fingerprint density at radius 1 is 0.824 bits per heavy atom. The minimum Gasteiger partial charge on any atom is -0.393 e. The molecule has 4 rings (SSSR count). The highest BCUT2D eigenvalue weighted by Gasteiger charge is 2.65. The average molecular weight is 234 g/mol. The molecule has 4 fully saturated rings. The van der Waals surface area contributed by atoms with Crippen LogP contribution in [0.1, 0.15) is 46.5 Å². The van der Waals surface area contributed by atoms with E-state index >= 15 is 0 Å². The summed E-state index contributed by atoms with van der Waals surface area (Å²) in [7, 11) is 0. The van der Waals surface area contributed by atoms with Crippen LogP contribution in [-0.2, 0) is 0 Å². The molecule has 1 N–H and O–H groups in total. The molecule has 4 aliphatic carbocycles. The molecule has 4 saturated carbocycles. The van der Waals surface area contributed by atoms with E-state index in [-0.39, 0.29) is 6.10 Å². The summed E-state index contributed by atoms with van der Waals surface area (Å²) in [6.45, 7) is 7.32. The van der Waals surface area contributed by atoms with Gasteiger partial charge < -0.3 is 5.11 Å². The molecule has 0 aliphatic heterocycles. The molecule has 0 radical (unpaired) electrons. The molecule has 8 atom stereocenters. The van der Waals surface area contributed by atoms with Crippen molar-refractivity contribution in [3.05, 3.63) is 0 Å². The Balaban J connectivity index is 1.65. The Kier molecular flexibility index (Phi) is 1.98. The molecule has 0 saturated heterocycles. The van der Waals surface area contributed by atoms with E-state index in [0.717, 1.165) is 41.9 Å². The van der Waals surface area contributed by atoms with Gasteiger partial charge in [-0.2, -0.15) is 0 Å². The van der Waals surface area contributed by atoms with Crippen LogP contribution in [0.4, 0.5) is 0 Å². The summed E-state index contributed by atoms with van der Waals surface area (Å²) >= 11 is 0. The van der Waals surface area contributed by atoms with Crippen LogP contribution in [0.25, 0.3) is 0 Å². The molecule has 0 aromatic heterocycles. The van der Waals surface area contributed by atoms with Gasteiger partial charge in [0.1, 0.15) is 0 Å². The van der Waals surface area contributed by atoms with Gasteiger partial charge in [0.15, 0.2) is 0 Å². The normalized spacial score (nSPS) is 60.0. The Hall–Kier alpha value is -0.0400. The Morgan fingerprint density at radius 2 is 1.41 bits per heavy atom. The monoisotopic (exact) mass is 234 g/mol. The van der Waals surface area contributed by atoms with Gasteiger partial charge in [0, 0.05) is 0 Å². The molecule has 0 aromatic rings. The lowest BCUT2D eigenvalue weighted by atomic mass is 9.61. The largest absolute Gasteiger partial charge is 0.393 e. The number of rotatable bonds is 0. The molecule has 0 amide bonds. The van der Waals surface area contributed by atoms with Crippen molar-refractivity contribution in [3.63, 3.8) is 0 Å². The molecule has 0 spiro atoms. The number of hydrogen-bond acceptors (Lipinski definition) is 1. The van der Waals surface area contributed by atoms with Crippen LogP contribution in [0.15, 0.2) is 0 Å². The van der Waals surface area contributed by atoms with Crippen LogP contribution >= 0.6 is 0 Å². The predicted molar refractivity (Wildman–Crippen MR) is 68.4 cm³/mol. The molecule has 4 aliphatic rings. The Labute approximate surface area is 105 Å². The molecule has 8 unspecified atom stereocenters. The van der Waals surface area contributed by atoms with Crippen molar-refractivity contribution in [2.24, 2.45) is 46.8 Å². The van der Waals surface area contributed by atoms with E-state index in [1.165, 1.54) is 19.3 Å². The lowest BCUT2D eigenvalue weighted by molar-refractivity contribution is -0.00406. The molecule has 1 heteroatoms. The van der Waals surface area contributed by atoms with Crippen molar-refractivity contribution in [1.82, 2.24) is 0 Å². The van der Waals surface area contributed by atoms with Crippen molar-refractivity contribution in [2.45, 2.75) is 52.6 Å². The van der Waals surface area contributed by atoms with Crippen LogP contribution in [0, 0.1) is 46.8 Å². The summed E-state index contributed by atoms with van der Waals surface area (Å²) in [6.07, 6.45) is 5.52. The second-order valence-corrected chi connectivity index (χ2v) is 8.49. The number of fused-ring (bicyclic) bond motifs is 9. The smallest absolute Gasteiger partial charge is 0.0574 e. The van der Waals surface area contributed by atoms with E-state index in [9.17, 15) is 5.11 Å². The summed E-state index contributed by atoms with van der Waals surface area (Å²) in [6, 6.07) is 0. The van der Waals surface area contributed by atoms with Crippen LogP contribution in [0.3, 0.4) is 0 Å². The molecule has 96 valence electrons. The maximum absolute atomic E-state index is 10.1. The van der Waals surface area contributed by atoms with E-state index in [0.29, 0.717) is 11.3 Å². The standard InChI is InChI=1S/C16H26O/c1-16(2,3)12-6-8-4-10(12)14-9-5-11(15(8)14)13(17)7-9/h8-15,17H,4-7H2,1-3H3. The van der Waals surface area contributed by atoms with Gasteiger partial charge in [-0.1, -0.05) is 20.8 Å². The molecule has 0 aromatic carbocycles. The topological polar surface area (TPSA) is 20.2 Å². The zero-order valence-corrected chi connectivity index (χ0v) is 11.4. The van der Waals surface area contributed by atoms with Crippen molar-refractivity contribution in [3.8, 4) is 0 Å². The van der Waals surface area contributed by atoms with Crippen molar-refractivity contribution >= 4 is 0 Å². The van der Waals surface area contributed by atoms with E-state index < -0.39 is 0 Å². The highest BCUT2D eigenvalue weighted by Crippen LogP contribution is 2.70. The summed E-state index contributed by atoms with van der Waals surface area (Å²) in [4.78, 5) is 0. The zero-order chi connectivity index (χ0) is 11.9. The second kappa shape index (κ2) is 3.10. The van der Waals surface area contributed by atoms with Gasteiger partial charge >= 0.3 is 0 Å². The summed E-state index contributed by atoms with van der Waals surface area (Å²) in [5.74, 6) is 6.46. The van der Waals surface area contributed by atoms with Crippen LogP contribution in [-0.4, -0.2) is 11.2 Å². The fourth-order valence-corrected chi connectivity index (χ4v) is 6.56. The van der Waals surface area contributed by atoms with Crippen molar-refractivity contribution in [2.75, 3.05) is 0 Å². The van der Waals surface area contributed by atoms with E-state index in [1.54, 1.807) is 0 Å². The first-order valence-corrected chi connectivity index (χ1v) is 7.65. The summed E-state index contributed by atoms with van der Waals surface area (Å²) in [5.41, 5.74) is 0.505. The maximum atomic E-state index is 10.1. The fraction of sp³-hybridized carbons (Fsp3) is 1.00. The SMILES string of the molecule is CC(C)(C)C1CC2CC1C1C3CC(O)C(C3)C21. The van der Waals surface area contributed by atoms with Gasteiger partial charge in [0.25, 0.3) is 0 Å². The van der Waals surface area contributed by atoms with Crippen LogP contribution < -0.4 is 0 Å². The quantitative estimate of drug-likeness (QED) is 0.637. The molecule has 4 bridgehead atoms. The molecular weight excluding hydrogens is 208 g/mol. The Morgan fingerprint density at radius 3 is 2.12 bits per heavy atom. The van der Waals surface area contributed by atoms with Gasteiger partial charge in [-0.05, 0) is 72.5 Å². The van der Waals surface area contributed by atoms with Crippen LogP contribution in [0.5, 0.6) is 0 Å². The van der Waals surface area contributed by atoms with E-state index in [2.05, 4.69) is 20.8 Å². The number of aliphatic hydroxyl groups excluding tert-OH is 1. The van der Waals surface area contributed by atoms with E-state index in [4.69, 9.17) is 0 Å². The second-order valence-electron chi connectivity index (χ2n) is 8.49. The highest BCUT2D eigenvalue weighted by molar-refractivity contribution is 5.14. The summed E-state index contributed by atoms with van der Waals surface area (Å²) < 4.78 is 0. The molecule has 1 nitrogen and oxygen atoms in total. The predicted octanol–water partition coefficient (Wildman–Crippen LogP) is 3.32. The third kappa shape index (κ3) is 1.25. The minimum absolute atomic E-state index is 0.0636. The summed E-state index contributed by atoms with van der Waals surface area (Å²) in [5, 5.41) is 10.1. The van der Waals surface area contributed by atoms with Crippen molar-refractivity contribution in [1.29, 1.82) is 0 Å². The van der Waals surface area contributed by atoms with Crippen molar-refractivity contribution < 1.29 is 5.11 Å². The molecule has 17 heavy (non-hydrogen) atoms. The number of hydrogen-bond donors (Lipinski definition) is 1. The zero-order valence-electron chi connectivity index (χ0n) is 11.4. The fourth-order valence-electron chi connectivity index (χ4n) is 6.56. The van der Waals surface area contributed by atoms with E-state index in [1.807, 2.05) is 0 Å². The Bertz CT molecular complexity index is 342. The minimum atomic E-state index is 0.0636. The van der Waals surface area contributed by atoms with Gasteiger partial charge in [0.05, 0.1) is 6.10 Å². The lowest BCUT2D eigenvalue weighted by Gasteiger charge is -2.44.